The predicted octanol–water partition coefficient (Wildman–Crippen LogP) is 5.75. The summed E-state index contributed by atoms with van der Waals surface area (Å²) in [5.74, 6) is 2.07. The fourth-order valence-corrected chi connectivity index (χ4v) is 5.45. The summed E-state index contributed by atoms with van der Waals surface area (Å²) >= 11 is 3.38. The molecule has 1 heterocycles. The zero-order chi connectivity index (χ0) is 21.7. The van der Waals surface area contributed by atoms with Crippen LogP contribution in [0, 0.1) is 0 Å². The SMILES string of the molecule is CC(C)(C)OC(=O)N1[C@@H](CSc2ccc(O)cc2)CC[C@H]1CSc1ccc(O)cc1. The molecular formula is C23H29NO4S2. The van der Waals surface area contributed by atoms with E-state index in [1.54, 1.807) is 47.8 Å². The Hall–Kier alpha value is -1.99. The second-order valence-electron chi connectivity index (χ2n) is 8.38. The number of likely N-dealkylation sites (tertiary alicyclic amines) is 1. The van der Waals surface area contributed by atoms with Gasteiger partial charge in [0.25, 0.3) is 0 Å². The van der Waals surface area contributed by atoms with E-state index in [-0.39, 0.29) is 29.7 Å². The first-order valence-electron chi connectivity index (χ1n) is 10.1. The van der Waals surface area contributed by atoms with Crippen LogP contribution in [0.4, 0.5) is 4.79 Å². The van der Waals surface area contributed by atoms with Crippen molar-refractivity contribution in [3.8, 4) is 11.5 Å². The third-order valence-corrected chi connectivity index (χ3v) is 7.10. The van der Waals surface area contributed by atoms with Crippen molar-refractivity contribution in [3.05, 3.63) is 48.5 Å². The van der Waals surface area contributed by atoms with Gasteiger partial charge in [-0.15, -0.1) is 23.5 Å². The molecule has 0 bridgehead atoms. The smallest absolute Gasteiger partial charge is 0.410 e. The molecule has 0 unspecified atom stereocenters. The average Bonchev–Trinajstić information content (AvgIpc) is 3.09. The molecule has 30 heavy (non-hydrogen) atoms. The maximum Gasteiger partial charge on any atom is 0.410 e. The summed E-state index contributed by atoms with van der Waals surface area (Å²) in [5, 5.41) is 18.9. The highest BCUT2D eigenvalue weighted by Crippen LogP contribution is 2.34. The van der Waals surface area contributed by atoms with Gasteiger partial charge in [0.1, 0.15) is 17.1 Å². The Bertz CT molecular complexity index is 776. The number of amides is 1. The minimum atomic E-state index is -0.539. The summed E-state index contributed by atoms with van der Waals surface area (Å²) < 4.78 is 5.72. The zero-order valence-electron chi connectivity index (χ0n) is 17.6. The van der Waals surface area contributed by atoms with Gasteiger partial charge in [-0.05, 0) is 82.1 Å². The van der Waals surface area contributed by atoms with E-state index in [4.69, 9.17) is 4.74 Å². The normalized spacial score (nSPS) is 19.1. The molecule has 0 spiro atoms. The first-order valence-corrected chi connectivity index (χ1v) is 12.0. The molecule has 3 rings (SSSR count). The number of aromatic hydroxyl groups is 2. The Morgan fingerprint density at radius 1 is 0.900 bits per heavy atom. The van der Waals surface area contributed by atoms with E-state index in [9.17, 15) is 15.0 Å². The van der Waals surface area contributed by atoms with E-state index in [1.807, 2.05) is 49.9 Å². The van der Waals surface area contributed by atoms with Gasteiger partial charge < -0.3 is 19.8 Å². The summed E-state index contributed by atoms with van der Waals surface area (Å²) in [7, 11) is 0. The van der Waals surface area contributed by atoms with Crippen LogP contribution in [0.1, 0.15) is 33.6 Å². The Labute approximate surface area is 186 Å². The molecule has 2 aromatic rings. The summed E-state index contributed by atoms with van der Waals surface area (Å²) in [4.78, 5) is 17.1. The van der Waals surface area contributed by atoms with Crippen molar-refractivity contribution in [1.29, 1.82) is 0 Å². The second-order valence-corrected chi connectivity index (χ2v) is 10.6. The van der Waals surface area contributed by atoms with Gasteiger partial charge in [-0.1, -0.05) is 0 Å². The standard InChI is InChI=1S/C23H29NO4S2/c1-23(2,3)28-22(27)24-16(14-29-20-10-6-18(25)7-11-20)4-5-17(24)15-30-21-12-8-19(26)9-13-21/h6-13,16-17,25-26H,4-5,14-15H2,1-3H3/t16-,17+. The molecule has 162 valence electrons. The van der Waals surface area contributed by atoms with Crippen LogP contribution in [0.2, 0.25) is 0 Å². The van der Waals surface area contributed by atoms with Crippen LogP contribution in [-0.4, -0.2) is 50.4 Å². The van der Waals surface area contributed by atoms with Crippen LogP contribution in [0.15, 0.2) is 58.3 Å². The van der Waals surface area contributed by atoms with Crippen molar-refractivity contribution >= 4 is 29.6 Å². The fraction of sp³-hybridized carbons (Fsp3) is 0.435. The highest BCUT2D eigenvalue weighted by Gasteiger charge is 2.39. The molecule has 0 saturated carbocycles. The molecule has 1 aliphatic rings. The van der Waals surface area contributed by atoms with Crippen molar-refractivity contribution in [3.63, 3.8) is 0 Å². The summed E-state index contributed by atoms with van der Waals surface area (Å²) in [6.07, 6.45) is 1.61. The lowest BCUT2D eigenvalue weighted by atomic mass is 10.2. The topological polar surface area (TPSA) is 70.0 Å². The molecule has 1 fully saturated rings. The molecule has 1 amide bonds. The number of phenolic OH excluding ortho intramolecular Hbond substituents is 2. The third-order valence-electron chi connectivity index (χ3n) is 4.78. The number of nitrogens with zero attached hydrogens (tertiary/aromatic N) is 1. The maximum atomic E-state index is 13.0. The number of carbonyl (C=O) groups excluding carboxylic acids is 1. The van der Waals surface area contributed by atoms with Crippen molar-refractivity contribution in [2.75, 3.05) is 11.5 Å². The molecule has 1 aliphatic heterocycles. The average molecular weight is 448 g/mol. The van der Waals surface area contributed by atoms with Crippen LogP contribution in [0.5, 0.6) is 11.5 Å². The van der Waals surface area contributed by atoms with Gasteiger partial charge in [0.15, 0.2) is 0 Å². The van der Waals surface area contributed by atoms with Crippen LogP contribution in [0.3, 0.4) is 0 Å². The van der Waals surface area contributed by atoms with Gasteiger partial charge in [0.05, 0.1) is 0 Å². The zero-order valence-corrected chi connectivity index (χ0v) is 19.2. The Kier molecular flexibility index (Phi) is 7.47. The molecule has 1 saturated heterocycles. The van der Waals surface area contributed by atoms with E-state index in [0.717, 1.165) is 34.1 Å². The van der Waals surface area contributed by atoms with Crippen LogP contribution in [-0.2, 0) is 4.74 Å². The molecular weight excluding hydrogens is 418 g/mol. The third kappa shape index (κ3) is 6.51. The lowest BCUT2D eigenvalue weighted by Crippen LogP contribution is -2.46. The number of phenols is 2. The molecule has 0 aliphatic carbocycles. The lowest BCUT2D eigenvalue weighted by Gasteiger charge is -2.32. The molecule has 2 N–H and O–H groups in total. The number of thioether (sulfide) groups is 2. The van der Waals surface area contributed by atoms with Gasteiger partial charge >= 0.3 is 6.09 Å². The minimum Gasteiger partial charge on any atom is -0.508 e. The summed E-state index contributed by atoms with van der Waals surface area (Å²) in [6.45, 7) is 5.67. The first kappa shape index (κ1) is 22.7. The second kappa shape index (κ2) is 9.88. The van der Waals surface area contributed by atoms with Gasteiger partial charge in [-0.2, -0.15) is 0 Å². The summed E-state index contributed by atoms with van der Waals surface area (Å²) in [6, 6.07) is 14.5. The largest absolute Gasteiger partial charge is 0.508 e. The Morgan fingerprint density at radius 2 is 1.30 bits per heavy atom. The minimum absolute atomic E-state index is 0.101. The van der Waals surface area contributed by atoms with Crippen molar-refractivity contribution in [1.82, 2.24) is 4.90 Å². The van der Waals surface area contributed by atoms with Crippen LogP contribution >= 0.6 is 23.5 Å². The Balaban J connectivity index is 1.67. The number of carbonyl (C=O) groups is 1. The maximum absolute atomic E-state index is 13.0. The van der Waals surface area contributed by atoms with Gasteiger partial charge in [-0.3, -0.25) is 0 Å². The van der Waals surface area contributed by atoms with E-state index < -0.39 is 5.60 Å². The molecule has 5 nitrogen and oxygen atoms in total. The lowest BCUT2D eigenvalue weighted by molar-refractivity contribution is 0.0181. The molecule has 7 heteroatoms. The highest BCUT2D eigenvalue weighted by molar-refractivity contribution is 7.99. The molecule has 0 aromatic heterocycles. The number of ether oxygens (including phenoxy) is 1. The van der Waals surface area contributed by atoms with Gasteiger partial charge in [0.2, 0.25) is 0 Å². The van der Waals surface area contributed by atoms with Crippen LogP contribution in [0.25, 0.3) is 0 Å². The van der Waals surface area contributed by atoms with Crippen molar-refractivity contribution in [2.24, 2.45) is 0 Å². The monoisotopic (exact) mass is 447 g/mol. The van der Waals surface area contributed by atoms with Crippen molar-refractivity contribution in [2.45, 2.75) is 61.1 Å². The molecule has 0 radical (unpaired) electrons. The number of rotatable bonds is 6. The number of hydrogen-bond acceptors (Lipinski definition) is 6. The fourth-order valence-electron chi connectivity index (χ4n) is 3.37. The Morgan fingerprint density at radius 3 is 1.67 bits per heavy atom. The quantitative estimate of drug-likeness (QED) is 0.550. The van der Waals surface area contributed by atoms with Crippen molar-refractivity contribution < 1.29 is 19.7 Å². The van der Waals surface area contributed by atoms with E-state index in [1.165, 1.54) is 0 Å². The van der Waals surface area contributed by atoms with Crippen LogP contribution < -0.4 is 0 Å². The summed E-state index contributed by atoms with van der Waals surface area (Å²) in [5.41, 5.74) is -0.539. The van der Waals surface area contributed by atoms with Gasteiger partial charge in [0, 0.05) is 33.4 Å². The first-order chi connectivity index (χ1) is 14.2. The number of hydrogen-bond donors (Lipinski definition) is 2. The molecule has 2 aromatic carbocycles. The highest BCUT2D eigenvalue weighted by atomic mass is 32.2. The van der Waals surface area contributed by atoms with Gasteiger partial charge in [-0.25, -0.2) is 4.79 Å². The van der Waals surface area contributed by atoms with E-state index >= 15 is 0 Å². The predicted molar refractivity (Wildman–Crippen MR) is 123 cm³/mol. The van der Waals surface area contributed by atoms with E-state index in [0.29, 0.717) is 0 Å². The molecule has 2 atom stereocenters. The van der Waals surface area contributed by atoms with E-state index in [2.05, 4.69) is 0 Å². The number of benzene rings is 2.